The highest BCUT2D eigenvalue weighted by Gasteiger charge is 2.10. The van der Waals surface area contributed by atoms with Gasteiger partial charge in [0.1, 0.15) is 0 Å². The lowest BCUT2D eigenvalue weighted by Crippen LogP contribution is -1.99. The Balaban J connectivity index is 2.37. The van der Waals surface area contributed by atoms with Crippen molar-refractivity contribution in [2.45, 2.75) is 26.7 Å². The summed E-state index contributed by atoms with van der Waals surface area (Å²) in [4.78, 5) is 23.6. The van der Waals surface area contributed by atoms with Crippen LogP contribution in [0.25, 0.3) is 12.2 Å². The van der Waals surface area contributed by atoms with Crippen molar-refractivity contribution < 1.29 is 28.5 Å². The van der Waals surface area contributed by atoms with Gasteiger partial charge in [0.2, 0.25) is 0 Å². The first-order chi connectivity index (χ1) is 15.6. The van der Waals surface area contributed by atoms with Gasteiger partial charge in [0.15, 0.2) is 35.6 Å². The van der Waals surface area contributed by atoms with Crippen LogP contribution in [0.3, 0.4) is 0 Å². The van der Waals surface area contributed by atoms with E-state index in [1.807, 2.05) is 26.0 Å². The predicted molar refractivity (Wildman–Crippen MR) is 126 cm³/mol. The quantitative estimate of drug-likeness (QED) is 0.245. The molecule has 2 aromatic rings. The lowest BCUT2D eigenvalue weighted by atomic mass is 10.0. The zero-order valence-electron chi connectivity index (χ0n) is 19.1. The lowest BCUT2D eigenvalue weighted by molar-refractivity contribution is -0.107. The van der Waals surface area contributed by atoms with E-state index in [-0.39, 0.29) is 11.1 Å². The third-order valence-electron chi connectivity index (χ3n) is 4.53. The van der Waals surface area contributed by atoms with Gasteiger partial charge in [-0.15, -0.1) is 0 Å². The molecule has 0 bridgehead atoms. The molecule has 6 heteroatoms. The summed E-state index contributed by atoms with van der Waals surface area (Å²) in [5.41, 5.74) is 1.91. The number of benzene rings is 2. The zero-order valence-corrected chi connectivity index (χ0v) is 19.1. The molecular formula is C26H30O6. The molecule has 0 heterocycles. The molecule has 6 nitrogen and oxygen atoms in total. The van der Waals surface area contributed by atoms with Crippen molar-refractivity contribution in [2.24, 2.45) is 0 Å². The molecule has 0 aliphatic heterocycles. The van der Waals surface area contributed by atoms with Crippen molar-refractivity contribution in [2.75, 3.05) is 27.4 Å². The van der Waals surface area contributed by atoms with E-state index in [4.69, 9.17) is 18.9 Å². The highest BCUT2D eigenvalue weighted by molar-refractivity contribution is 6.02. The smallest absolute Gasteiger partial charge is 0.161 e. The Morgan fingerprint density at radius 3 is 1.41 bits per heavy atom. The molecule has 0 spiro atoms. The van der Waals surface area contributed by atoms with Gasteiger partial charge in [-0.05, 0) is 60.4 Å². The first kappa shape index (κ1) is 24.7. The van der Waals surface area contributed by atoms with Gasteiger partial charge in [-0.3, -0.25) is 9.59 Å². The SMILES string of the molecule is CCCOc1ccc(/C=C(C=O)\C(C=O)=C/c2ccc(OCCC)c(OC)c2)cc1OC. The summed E-state index contributed by atoms with van der Waals surface area (Å²) in [5.74, 6) is 2.37. The van der Waals surface area contributed by atoms with Gasteiger partial charge in [0, 0.05) is 11.1 Å². The molecule has 0 unspecified atom stereocenters. The molecule has 0 aliphatic carbocycles. The normalized spacial score (nSPS) is 11.6. The number of ether oxygens (including phenoxy) is 4. The van der Waals surface area contributed by atoms with E-state index in [0.717, 1.165) is 12.8 Å². The second-order valence-corrected chi connectivity index (χ2v) is 6.95. The first-order valence-electron chi connectivity index (χ1n) is 10.6. The third kappa shape index (κ3) is 6.74. The Bertz CT molecular complexity index is 895. The topological polar surface area (TPSA) is 71.1 Å². The van der Waals surface area contributed by atoms with Crippen LogP contribution in [0.4, 0.5) is 0 Å². The highest BCUT2D eigenvalue weighted by Crippen LogP contribution is 2.31. The van der Waals surface area contributed by atoms with Crippen LogP contribution in [-0.4, -0.2) is 40.0 Å². The van der Waals surface area contributed by atoms with Crippen LogP contribution in [0.15, 0.2) is 47.5 Å². The third-order valence-corrected chi connectivity index (χ3v) is 4.53. The van der Waals surface area contributed by atoms with Crippen molar-refractivity contribution in [3.05, 3.63) is 58.7 Å². The summed E-state index contributed by atoms with van der Waals surface area (Å²) in [6, 6.07) is 10.7. The molecule has 0 aromatic heterocycles. The highest BCUT2D eigenvalue weighted by atomic mass is 16.5. The number of carbonyl (C=O) groups is 2. The van der Waals surface area contributed by atoms with Crippen molar-refractivity contribution in [3.63, 3.8) is 0 Å². The summed E-state index contributed by atoms with van der Waals surface area (Å²) in [7, 11) is 3.11. The van der Waals surface area contributed by atoms with Gasteiger partial charge in [-0.25, -0.2) is 0 Å². The van der Waals surface area contributed by atoms with Crippen molar-refractivity contribution in [1.82, 2.24) is 0 Å². The predicted octanol–water partition coefficient (Wildman–Crippen LogP) is 5.15. The molecule has 0 atom stereocenters. The minimum Gasteiger partial charge on any atom is -0.493 e. The zero-order chi connectivity index (χ0) is 23.3. The van der Waals surface area contributed by atoms with E-state index in [9.17, 15) is 9.59 Å². The molecule has 0 N–H and O–H groups in total. The van der Waals surface area contributed by atoms with E-state index in [1.54, 1.807) is 50.6 Å². The summed E-state index contributed by atoms with van der Waals surface area (Å²) in [5, 5.41) is 0. The maximum atomic E-state index is 11.8. The Morgan fingerprint density at radius 2 is 1.09 bits per heavy atom. The van der Waals surface area contributed by atoms with Crippen LogP contribution in [0.2, 0.25) is 0 Å². The monoisotopic (exact) mass is 438 g/mol. The maximum absolute atomic E-state index is 11.8. The van der Waals surface area contributed by atoms with Crippen molar-refractivity contribution in [3.8, 4) is 23.0 Å². The average molecular weight is 439 g/mol. The number of allylic oxidation sites excluding steroid dienone is 2. The van der Waals surface area contributed by atoms with Gasteiger partial charge in [-0.2, -0.15) is 0 Å². The summed E-state index contributed by atoms with van der Waals surface area (Å²) < 4.78 is 22.1. The summed E-state index contributed by atoms with van der Waals surface area (Å²) in [6.07, 6.45) is 6.34. The Morgan fingerprint density at radius 1 is 0.688 bits per heavy atom. The van der Waals surface area contributed by atoms with Gasteiger partial charge >= 0.3 is 0 Å². The molecule has 0 amide bonds. The number of methoxy groups -OCH3 is 2. The number of hydrogen-bond donors (Lipinski definition) is 0. The van der Waals surface area contributed by atoms with Crippen LogP contribution in [0.1, 0.15) is 37.8 Å². The van der Waals surface area contributed by atoms with Crippen molar-refractivity contribution >= 4 is 24.7 Å². The molecule has 2 aromatic carbocycles. The van der Waals surface area contributed by atoms with Gasteiger partial charge in [0.25, 0.3) is 0 Å². The summed E-state index contributed by atoms with van der Waals surface area (Å²) >= 11 is 0. The average Bonchev–Trinajstić information content (AvgIpc) is 2.83. The van der Waals surface area contributed by atoms with E-state index in [1.165, 1.54) is 0 Å². The van der Waals surface area contributed by atoms with Crippen LogP contribution < -0.4 is 18.9 Å². The number of rotatable bonds is 13. The molecule has 0 fully saturated rings. The second kappa shape index (κ2) is 13.0. The minimum atomic E-state index is 0.245. The number of aldehydes is 2. The van der Waals surface area contributed by atoms with Gasteiger partial charge < -0.3 is 18.9 Å². The standard InChI is InChI=1S/C26H30O6/c1-5-11-31-23-9-7-19(15-25(23)29-3)13-21(17-27)22(18-28)14-20-8-10-24(32-12-6-2)26(16-20)30-4/h7-10,13-18H,5-6,11-12H2,1-4H3/b21-13-,22-14-. The fourth-order valence-electron chi connectivity index (χ4n) is 2.94. The van der Waals surface area contributed by atoms with Crippen LogP contribution in [0, 0.1) is 0 Å². The van der Waals surface area contributed by atoms with Crippen molar-refractivity contribution in [1.29, 1.82) is 0 Å². The van der Waals surface area contributed by atoms with Gasteiger partial charge in [0.05, 0.1) is 27.4 Å². The van der Waals surface area contributed by atoms with Crippen LogP contribution in [0.5, 0.6) is 23.0 Å². The number of hydrogen-bond acceptors (Lipinski definition) is 6. The lowest BCUT2D eigenvalue weighted by Gasteiger charge is -2.11. The fraction of sp³-hybridized carbons (Fsp3) is 0.308. The van der Waals surface area contributed by atoms with E-state index >= 15 is 0 Å². The van der Waals surface area contributed by atoms with Crippen LogP contribution >= 0.6 is 0 Å². The largest absolute Gasteiger partial charge is 0.493 e. The van der Waals surface area contributed by atoms with Gasteiger partial charge in [-0.1, -0.05) is 26.0 Å². The Labute approximate surface area is 189 Å². The van der Waals surface area contributed by atoms with E-state index < -0.39 is 0 Å². The Kier molecular flexibility index (Phi) is 10.0. The first-order valence-corrected chi connectivity index (χ1v) is 10.6. The fourth-order valence-corrected chi connectivity index (χ4v) is 2.94. The molecule has 2 rings (SSSR count). The molecule has 170 valence electrons. The maximum Gasteiger partial charge on any atom is 0.161 e. The molecule has 0 radical (unpaired) electrons. The molecular weight excluding hydrogens is 408 g/mol. The molecule has 32 heavy (non-hydrogen) atoms. The van der Waals surface area contributed by atoms with Crippen LogP contribution in [-0.2, 0) is 9.59 Å². The molecule has 0 saturated heterocycles. The molecule has 0 aliphatic rings. The second-order valence-electron chi connectivity index (χ2n) is 6.95. The van der Waals surface area contributed by atoms with E-state index in [2.05, 4.69) is 0 Å². The Hall–Kier alpha value is -3.54. The minimum absolute atomic E-state index is 0.245. The van der Waals surface area contributed by atoms with E-state index in [0.29, 0.717) is 59.9 Å². The summed E-state index contributed by atoms with van der Waals surface area (Å²) in [6.45, 7) is 5.20. The number of carbonyl (C=O) groups excluding carboxylic acids is 2. The molecule has 0 saturated carbocycles.